The molecule has 0 unspecified atom stereocenters. The van der Waals surface area contributed by atoms with Gasteiger partial charge >= 0.3 is 6.18 Å². The van der Waals surface area contributed by atoms with Gasteiger partial charge < -0.3 is 0 Å². The van der Waals surface area contributed by atoms with Crippen molar-refractivity contribution in [2.24, 2.45) is 0 Å². The maximum Gasteiger partial charge on any atom is 0.389 e. The number of halogens is 3. The molecule has 0 radical (unpaired) electrons. The fourth-order valence-electron chi connectivity index (χ4n) is 5.48. The highest BCUT2D eigenvalue weighted by molar-refractivity contribution is 7.75. The van der Waals surface area contributed by atoms with Crippen LogP contribution in [0.25, 0.3) is 0 Å². The molecule has 0 N–H and O–H groups in total. The summed E-state index contributed by atoms with van der Waals surface area (Å²) in [7, 11) is -1.06. The van der Waals surface area contributed by atoms with Crippen LogP contribution >= 0.6 is 7.26 Å². The Morgan fingerprint density at radius 3 is 1.33 bits per heavy atom. The highest BCUT2D eigenvalue weighted by atomic mass is 31.2. The largest absolute Gasteiger partial charge is 0.389 e. The summed E-state index contributed by atoms with van der Waals surface area (Å²) in [6.45, 7) is 4.57. The van der Waals surface area contributed by atoms with Gasteiger partial charge in [0.05, 0.1) is 24.6 Å². The van der Waals surface area contributed by atoms with Gasteiger partial charge in [0.25, 0.3) is 0 Å². The first-order valence-electron chi connectivity index (χ1n) is 15.4. The van der Waals surface area contributed by atoms with E-state index in [4.69, 9.17) is 0 Å². The SMILES string of the molecule is CCCCCCCC[P+](CCCCCCCC)(CCCCCCCCC(F)(F)F)Cc1ccccc1. The minimum atomic E-state index is -3.99. The van der Waals surface area contributed by atoms with Gasteiger partial charge in [0.2, 0.25) is 0 Å². The van der Waals surface area contributed by atoms with Crippen LogP contribution in [0, 0.1) is 0 Å². The molecule has 0 aliphatic carbocycles. The third-order valence-electron chi connectivity index (χ3n) is 7.68. The summed E-state index contributed by atoms with van der Waals surface area (Å²) in [4.78, 5) is 0. The Morgan fingerprint density at radius 2 is 0.917 bits per heavy atom. The molecule has 36 heavy (non-hydrogen) atoms. The summed E-state index contributed by atoms with van der Waals surface area (Å²) in [5.74, 6) is 0. The van der Waals surface area contributed by atoms with E-state index in [-0.39, 0.29) is 0 Å². The van der Waals surface area contributed by atoms with E-state index in [0.717, 1.165) is 19.3 Å². The van der Waals surface area contributed by atoms with E-state index in [2.05, 4.69) is 44.2 Å². The average molecular weight is 530 g/mol. The van der Waals surface area contributed by atoms with Gasteiger partial charge in [-0.05, 0) is 50.5 Å². The predicted molar refractivity (Wildman–Crippen MR) is 157 cm³/mol. The summed E-state index contributed by atoms with van der Waals surface area (Å²) in [5.41, 5.74) is 1.52. The van der Waals surface area contributed by atoms with E-state index in [9.17, 15) is 13.2 Å². The lowest BCUT2D eigenvalue weighted by molar-refractivity contribution is -0.135. The van der Waals surface area contributed by atoms with Crippen molar-refractivity contribution >= 4 is 7.26 Å². The van der Waals surface area contributed by atoms with Crippen molar-refractivity contribution in [3.05, 3.63) is 35.9 Å². The molecular weight excluding hydrogens is 472 g/mol. The first-order valence-corrected chi connectivity index (χ1v) is 17.9. The second kappa shape index (κ2) is 21.4. The minimum Gasteiger partial charge on any atom is -0.171 e. The Kier molecular flexibility index (Phi) is 19.9. The topological polar surface area (TPSA) is 0 Å². The highest BCUT2D eigenvalue weighted by Crippen LogP contribution is 2.63. The number of hydrogen-bond acceptors (Lipinski definition) is 0. The molecule has 0 amide bonds. The molecule has 1 aromatic carbocycles. The van der Waals surface area contributed by atoms with Crippen molar-refractivity contribution in [1.82, 2.24) is 0 Å². The van der Waals surface area contributed by atoms with Crippen LogP contribution in [0.2, 0.25) is 0 Å². The van der Waals surface area contributed by atoms with Crippen LogP contribution in [-0.2, 0) is 6.16 Å². The van der Waals surface area contributed by atoms with Gasteiger partial charge in [0.15, 0.2) is 0 Å². The Balaban J connectivity index is 2.65. The quantitative estimate of drug-likeness (QED) is 0.0922. The third kappa shape index (κ3) is 18.6. The molecule has 0 nitrogen and oxygen atoms in total. The van der Waals surface area contributed by atoms with E-state index >= 15 is 0 Å². The van der Waals surface area contributed by atoms with Crippen LogP contribution in [0.15, 0.2) is 30.3 Å². The highest BCUT2D eigenvalue weighted by Gasteiger charge is 2.36. The first-order chi connectivity index (χ1) is 17.4. The zero-order valence-corrected chi connectivity index (χ0v) is 24.6. The van der Waals surface area contributed by atoms with Crippen molar-refractivity contribution in [3.63, 3.8) is 0 Å². The zero-order chi connectivity index (χ0) is 26.4. The molecule has 0 aromatic heterocycles. The summed E-state index contributed by atoms with van der Waals surface area (Å²) in [5, 5.41) is 0. The number of unbranched alkanes of at least 4 members (excludes halogenated alkanes) is 15. The maximum atomic E-state index is 12.4. The molecule has 4 heteroatoms. The van der Waals surface area contributed by atoms with Crippen molar-refractivity contribution in [1.29, 1.82) is 0 Å². The van der Waals surface area contributed by atoms with Gasteiger partial charge in [-0.1, -0.05) is 115 Å². The number of rotatable bonds is 24. The third-order valence-corrected chi connectivity index (χ3v) is 12.5. The van der Waals surface area contributed by atoms with Crippen LogP contribution in [0.1, 0.15) is 141 Å². The van der Waals surface area contributed by atoms with Crippen molar-refractivity contribution in [2.45, 2.75) is 148 Å². The summed E-state index contributed by atoms with van der Waals surface area (Å²) in [6.07, 6.45) is 22.9. The molecule has 210 valence electrons. The van der Waals surface area contributed by atoms with E-state index < -0.39 is 19.9 Å². The fourth-order valence-corrected chi connectivity index (χ4v) is 10.3. The Morgan fingerprint density at radius 1 is 0.528 bits per heavy atom. The Labute approximate surface area is 223 Å². The van der Waals surface area contributed by atoms with Gasteiger partial charge in [-0.25, -0.2) is 0 Å². The molecule has 0 aliphatic heterocycles. The monoisotopic (exact) mass is 529 g/mol. The van der Waals surface area contributed by atoms with Crippen molar-refractivity contribution in [3.8, 4) is 0 Å². The lowest BCUT2D eigenvalue weighted by atomic mass is 10.1. The number of benzene rings is 1. The minimum absolute atomic E-state index is 0.296. The molecule has 0 fully saturated rings. The van der Waals surface area contributed by atoms with E-state index in [1.165, 1.54) is 120 Å². The Hall–Kier alpha value is -0.560. The van der Waals surface area contributed by atoms with Crippen LogP contribution < -0.4 is 0 Å². The van der Waals surface area contributed by atoms with Gasteiger partial charge in [0, 0.05) is 13.7 Å². The summed E-state index contributed by atoms with van der Waals surface area (Å²) in [6, 6.07) is 11.2. The second-order valence-corrected chi connectivity index (χ2v) is 15.5. The molecular formula is C32H57F3P+. The van der Waals surface area contributed by atoms with Crippen molar-refractivity contribution in [2.75, 3.05) is 18.5 Å². The molecule has 0 bridgehead atoms. The van der Waals surface area contributed by atoms with E-state index in [1.54, 1.807) is 0 Å². The molecule has 0 heterocycles. The maximum absolute atomic E-state index is 12.4. The van der Waals surface area contributed by atoms with Gasteiger partial charge in [0.1, 0.15) is 0 Å². The van der Waals surface area contributed by atoms with Crippen LogP contribution in [0.3, 0.4) is 0 Å². The van der Waals surface area contributed by atoms with Crippen LogP contribution in [-0.4, -0.2) is 24.7 Å². The molecule has 0 saturated heterocycles. The first kappa shape index (κ1) is 33.5. The van der Waals surface area contributed by atoms with Gasteiger partial charge in [-0.2, -0.15) is 13.2 Å². The fraction of sp³-hybridized carbons (Fsp3) is 0.812. The van der Waals surface area contributed by atoms with Crippen LogP contribution in [0.4, 0.5) is 13.2 Å². The number of hydrogen-bond donors (Lipinski definition) is 0. The van der Waals surface area contributed by atoms with Crippen molar-refractivity contribution < 1.29 is 13.2 Å². The smallest absolute Gasteiger partial charge is 0.171 e. The molecule has 1 aromatic rings. The lowest BCUT2D eigenvalue weighted by Crippen LogP contribution is -2.12. The molecule has 0 spiro atoms. The molecule has 0 atom stereocenters. The van der Waals surface area contributed by atoms with Crippen LogP contribution in [0.5, 0.6) is 0 Å². The van der Waals surface area contributed by atoms with E-state index in [0.29, 0.717) is 6.42 Å². The predicted octanol–water partition coefficient (Wildman–Crippen LogP) is 12.2. The normalized spacial score (nSPS) is 12.4. The number of alkyl halides is 3. The average Bonchev–Trinajstić information content (AvgIpc) is 2.85. The van der Waals surface area contributed by atoms with Gasteiger partial charge in [-0.15, -0.1) is 0 Å². The molecule has 1 rings (SSSR count). The Bertz CT molecular complexity index is 583. The molecule has 0 aliphatic rings. The summed E-state index contributed by atoms with van der Waals surface area (Å²) < 4.78 is 37.1. The van der Waals surface area contributed by atoms with E-state index in [1.807, 2.05) is 0 Å². The lowest BCUT2D eigenvalue weighted by Gasteiger charge is -2.28. The summed E-state index contributed by atoms with van der Waals surface area (Å²) >= 11 is 0. The zero-order valence-electron chi connectivity index (χ0n) is 23.7. The second-order valence-electron chi connectivity index (χ2n) is 11.2. The standard InChI is InChI=1S/C32H57F3P/c1-3-5-7-9-14-21-27-36(28-22-15-10-8-6-4-2,30-31-24-18-17-19-25-31)29-23-16-12-11-13-20-26-32(33,34)35/h17-19,24-25H,3-16,20-23,26-30H2,1-2H3/q+1. The molecule has 0 saturated carbocycles. The van der Waals surface area contributed by atoms with Gasteiger partial charge in [-0.3, -0.25) is 0 Å².